The van der Waals surface area contributed by atoms with E-state index >= 15 is 0 Å². The Morgan fingerprint density at radius 3 is 2.55 bits per heavy atom. The van der Waals surface area contributed by atoms with Crippen molar-refractivity contribution in [3.05, 3.63) is 74.6 Å². The van der Waals surface area contributed by atoms with Crippen molar-refractivity contribution < 1.29 is 19.1 Å². The number of hydrogen-bond donors (Lipinski definition) is 2. The molecule has 0 aliphatic heterocycles. The van der Waals surface area contributed by atoms with E-state index in [1.807, 2.05) is 29.0 Å². The molecule has 8 heteroatoms. The van der Waals surface area contributed by atoms with E-state index in [-0.39, 0.29) is 18.2 Å². The van der Waals surface area contributed by atoms with E-state index in [4.69, 9.17) is 4.74 Å². The molecule has 3 rings (SSSR count). The zero-order chi connectivity index (χ0) is 22.1. The average Bonchev–Trinajstić information content (AvgIpc) is 3.47. The Kier molecular flexibility index (Phi) is 8.37. The van der Waals surface area contributed by atoms with Crippen molar-refractivity contribution in [2.45, 2.75) is 31.7 Å². The van der Waals surface area contributed by atoms with Crippen LogP contribution in [0.5, 0.6) is 0 Å². The van der Waals surface area contributed by atoms with Crippen LogP contribution >= 0.6 is 22.7 Å². The lowest BCUT2D eigenvalue weighted by atomic mass is 10.1. The fraction of sp³-hybridized carbons (Fsp3) is 0.261. The molecular weight excluding hydrogens is 432 g/mol. The van der Waals surface area contributed by atoms with E-state index in [1.165, 1.54) is 23.3 Å². The van der Waals surface area contributed by atoms with Gasteiger partial charge in [-0.2, -0.15) is 0 Å². The Bertz CT molecular complexity index is 1000. The van der Waals surface area contributed by atoms with Gasteiger partial charge in [-0.05, 0) is 53.9 Å². The molecule has 0 radical (unpaired) electrons. The number of rotatable bonds is 10. The number of thiophene rings is 2. The Balaban J connectivity index is 1.58. The second kappa shape index (κ2) is 11.4. The summed E-state index contributed by atoms with van der Waals surface area (Å²) < 4.78 is 4.75. The van der Waals surface area contributed by atoms with Crippen LogP contribution in [0.15, 0.2) is 59.3 Å². The summed E-state index contributed by atoms with van der Waals surface area (Å²) in [6.07, 6.45) is 2.09. The number of carbonyl (C=O) groups is 3. The molecule has 3 aromatic rings. The van der Waals surface area contributed by atoms with Crippen LogP contribution in [0.3, 0.4) is 0 Å². The normalized spacial score (nSPS) is 11.5. The minimum Gasteiger partial charge on any atom is -0.469 e. The molecule has 2 aromatic heterocycles. The smallest absolute Gasteiger partial charge is 0.307 e. The highest BCUT2D eigenvalue weighted by molar-refractivity contribution is 7.10. The average molecular weight is 457 g/mol. The summed E-state index contributed by atoms with van der Waals surface area (Å²) in [5, 5.41) is 9.66. The first-order valence-corrected chi connectivity index (χ1v) is 11.6. The summed E-state index contributed by atoms with van der Waals surface area (Å²) in [6.45, 7) is 0. The molecule has 2 N–H and O–H groups in total. The summed E-state index contributed by atoms with van der Waals surface area (Å²) in [4.78, 5) is 38.9. The lowest BCUT2D eigenvalue weighted by Crippen LogP contribution is -2.30. The van der Waals surface area contributed by atoms with Crippen LogP contribution < -0.4 is 10.6 Å². The minimum absolute atomic E-state index is 0.0451. The summed E-state index contributed by atoms with van der Waals surface area (Å²) in [6, 6.07) is 14.1. The van der Waals surface area contributed by atoms with Crippen molar-refractivity contribution in [2.75, 3.05) is 12.4 Å². The highest BCUT2D eigenvalue weighted by Crippen LogP contribution is 2.23. The van der Waals surface area contributed by atoms with Crippen molar-refractivity contribution in [1.82, 2.24) is 5.32 Å². The topological polar surface area (TPSA) is 84.5 Å². The number of hydrogen-bond acceptors (Lipinski definition) is 6. The fourth-order valence-corrected chi connectivity index (χ4v) is 4.57. The maximum Gasteiger partial charge on any atom is 0.307 e. The zero-order valence-electron chi connectivity index (χ0n) is 17.1. The van der Waals surface area contributed by atoms with Crippen LogP contribution in [-0.2, 0) is 20.7 Å². The maximum absolute atomic E-state index is 12.8. The van der Waals surface area contributed by atoms with E-state index in [1.54, 1.807) is 35.6 Å². The van der Waals surface area contributed by atoms with Crippen molar-refractivity contribution >= 4 is 46.1 Å². The summed E-state index contributed by atoms with van der Waals surface area (Å²) in [7, 11) is 1.32. The molecule has 2 amide bonds. The molecule has 6 nitrogen and oxygen atoms in total. The molecule has 0 saturated heterocycles. The molecule has 0 bridgehead atoms. The lowest BCUT2D eigenvalue weighted by molar-refractivity contribution is -0.141. The molecular formula is C23H24N2O4S2. The third-order valence-electron chi connectivity index (χ3n) is 4.61. The Morgan fingerprint density at radius 2 is 1.84 bits per heavy atom. The van der Waals surface area contributed by atoms with Crippen molar-refractivity contribution in [2.24, 2.45) is 0 Å². The molecule has 0 fully saturated rings. The molecule has 31 heavy (non-hydrogen) atoms. The van der Waals surface area contributed by atoms with Gasteiger partial charge in [-0.3, -0.25) is 14.4 Å². The Hall–Kier alpha value is -2.97. The first-order chi connectivity index (χ1) is 15.0. The number of carbonyl (C=O) groups excluding carboxylic acids is 3. The number of amides is 2. The summed E-state index contributed by atoms with van der Waals surface area (Å²) >= 11 is 3.15. The number of benzene rings is 1. The third-order valence-corrected chi connectivity index (χ3v) is 6.53. The highest BCUT2D eigenvalue weighted by atomic mass is 32.1. The first-order valence-electron chi connectivity index (χ1n) is 9.88. The summed E-state index contributed by atoms with van der Waals surface area (Å²) in [5.41, 5.74) is 0.970. The number of methoxy groups -OCH3 is 1. The summed E-state index contributed by atoms with van der Waals surface area (Å²) in [5.74, 6) is -0.811. The van der Waals surface area contributed by atoms with Crippen LogP contribution in [0, 0.1) is 0 Å². The third kappa shape index (κ3) is 7.04. The van der Waals surface area contributed by atoms with Gasteiger partial charge in [-0.1, -0.05) is 18.2 Å². The molecule has 0 aliphatic rings. The van der Waals surface area contributed by atoms with E-state index in [0.29, 0.717) is 17.7 Å². The predicted molar refractivity (Wildman–Crippen MR) is 123 cm³/mol. The number of aryl methyl sites for hydroxylation is 1. The van der Waals surface area contributed by atoms with Crippen LogP contribution in [0.2, 0.25) is 0 Å². The van der Waals surface area contributed by atoms with Gasteiger partial charge in [0.25, 0.3) is 5.91 Å². The second-order valence-electron chi connectivity index (χ2n) is 6.88. The Morgan fingerprint density at radius 1 is 1.03 bits per heavy atom. The van der Waals surface area contributed by atoms with Gasteiger partial charge in [0, 0.05) is 27.4 Å². The van der Waals surface area contributed by atoms with Crippen LogP contribution in [0.1, 0.15) is 45.4 Å². The molecule has 2 heterocycles. The van der Waals surface area contributed by atoms with Gasteiger partial charge in [-0.15, -0.1) is 22.7 Å². The van der Waals surface area contributed by atoms with E-state index < -0.39 is 12.0 Å². The molecule has 0 aliphatic carbocycles. The van der Waals surface area contributed by atoms with Gasteiger partial charge in [0.15, 0.2) is 0 Å². The van der Waals surface area contributed by atoms with Crippen molar-refractivity contribution in [3.63, 3.8) is 0 Å². The van der Waals surface area contributed by atoms with Crippen molar-refractivity contribution in [3.8, 4) is 0 Å². The SMILES string of the molecule is COC(=O)CC(NC(=O)c1cccc(NC(=O)CCCc2cccs2)c1)c1cccs1. The molecule has 0 saturated carbocycles. The highest BCUT2D eigenvalue weighted by Gasteiger charge is 2.20. The molecule has 162 valence electrons. The molecule has 0 spiro atoms. The van der Waals surface area contributed by atoms with Gasteiger partial charge < -0.3 is 15.4 Å². The fourth-order valence-electron chi connectivity index (χ4n) is 3.04. The number of ether oxygens (including phenoxy) is 1. The van der Waals surface area contributed by atoms with Gasteiger partial charge in [0.1, 0.15) is 0 Å². The molecule has 1 atom stereocenters. The predicted octanol–water partition coefficient (Wildman–Crippen LogP) is 4.81. The van der Waals surface area contributed by atoms with E-state index in [0.717, 1.165) is 17.7 Å². The lowest BCUT2D eigenvalue weighted by Gasteiger charge is -2.17. The number of esters is 1. The monoisotopic (exact) mass is 456 g/mol. The van der Waals surface area contributed by atoms with Crippen LogP contribution in [-0.4, -0.2) is 24.9 Å². The first kappa shape index (κ1) is 22.7. The van der Waals surface area contributed by atoms with Crippen molar-refractivity contribution in [1.29, 1.82) is 0 Å². The van der Waals surface area contributed by atoms with E-state index in [2.05, 4.69) is 16.7 Å². The van der Waals surface area contributed by atoms with E-state index in [9.17, 15) is 14.4 Å². The molecule has 1 aromatic carbocycles. The number of anilines is 1. The standard InChI is InChI=1S/C23H24N2O4S2/c1-29-22(27)15-19(20-10-5-13-31-20)25-23(28)16-6-2-7-17(14-16)24-21(26)11-3-8-18-9-4-12-30-18/h2,4-7,9-10,12-14,19H,3,8,11,15H2,1H3,(H,24,26)(H,25,28). The van der Waals surface area contributed by atoms with Crippen LogP contribution in [0.4, 0.5) is 5.69 Å². The van der Waals surface area contributed by atoms with Crippen LogP contribution in [0.25, 0.3) is 0 Å². The largest absolute Gasteiger partial charge is 0.469 e. The minimum atomic E-state index is -0.476. The Labute approximate surface area is 189 Å². The zero-order valence-corrected chi connectivity index (χ0v) is 18.8. The number of nitrogens with one attached hydrogen (secondary N) is 2. The molecule has 1 unspecified atom stereocenters. The quantitative estimate of drug-likeness (QED) is 0.429. The van der Waals surface area contributed by atoms with Gasteiger partial charge in [0.2, 0.25) is 5.91 Å². The maximum atomic E-state index is 12.8. The second-order valence-corrected chi connectivity index (χ2v) is 8.90. The van der Waals surface area contributed by atoms with Gasteiger partial charge in [-0.25, -0.2) is 0 Å². The van der Waals surface area contributed by atoms with Gasteiger partial charge in [0.05, 0.1) is 19.6 Å². The van der Waals surface area contributed by atoms with Gasteiger partial charge >= 0.3 is 5.97 Å².